The molecule has 0 bridgehead atoms. The van der Waals surface area contributed by atoms with E-state index >= 15 is 0 Å². The van der Waals surface area contributed by atoms with Crippen LogP contribution in [0, 0.1) is 0 Å². The maximum atomic E-state index is 12.0. The first kappa shape index (κ1) is 12.6. The lowest BCUT2D eigenvalue weighted by Gasteiger charge is -1.95. The third kappa shape index (κ3) is 2.32. The summed E-state index contributed by atoms with van der Waals surface area (Å²) in [6.45, 7) is -2.82. The van der Waals surface area contributed by atoms with Gasteiger partial charge >= 0.3 is 12.5 Å². The number of alkyl halides is 2. The minimum absolute atomic E-state index is 0. The maximum absolute atomic E-state index is 12.0. The Kier molecular flexibility index (Phi) is 4.29. The highest BCUT2D eigenvalue weighted by atomic mass is 35.5. The smallest absolute Gasteiger partial charge is 0.360 e. The molecule has 0 fully saturated rings. The summed E-state index contributed by atoms with van der Waals surface area (Å²) in [7, 11) is 1.11. The molecule has 14 heavy (non-hydrogen) atoms. The van der Waals surface area contributed by atoms with Gasteiger partial charge in [0, 0.05) is 0 Å². The summed E-state index contributed by atoms with van der Waals surface area (Å²) < 4.78 is 28.6. The number of aromatic nitrogens is 2. The third-order valence-electron chi connectivity index (χ3n) is 1.34. The summed E-state index contributed by atoms with van der Waals surface area (Å²) in [5, 5.41) is 3.25. The Morgan fingerprint density at radius 2 is 2.29 bits per heavy atom. The monoisotopic (exact) mass is 227 g/mol. The molecule has 1 aromatic heterocycles. The average molecular weight is 228 g/mol. The van der Waals surface area contributed by atoms with Crippen LogP contribution in [0.5, 0.6) is 0 Å². The van der Waals surface area contributed by atoms with Crippen molar-refractivity contribution in [1.29, 1.82) is 0 Å². The van der Waals surface area contributed by atoms with E-state index in [1.807, 2.05) is 0 Å². The number of hydrogen-bond donors (Lipinski definition) is 1. The van der Waals surface area contributed by atoms with Crippen LogP contribution in [0.15, 0.2) is 6.20 Å². The van der Waals surface area contributed by atoms with Gasteiger partial charge < -0.3 is 10.5 Å². The van der Waals surface area contributed by atoms with Gasteiger partial charge in [-0.2, -0.15) is 13.9 Å². The molecule has 0 aromatic carbocycles. The molecule has 0 unspecified atom stereocenters. The number of esters is 1. The average Bonchev–Trinajstić information content (AvgIpc) is 2.46. The Hall–Kier alpha value is -1.37. The molecule has 0 atom stereocenters. The van der Waals surface area contributed by atoms with Gasteiger partial charge in [-0.15, -0.1) is 12.4 Å². The second kappa shape index (κ2) is 4.75. The summed E-state index contributed by atoms with van der Waals surface area (Å²) in [4.78, 5) is 10.8. The fourth-order valence-electron chi connectivity index (χ4n) is 0.761. The fraction of sp³-hybridized carbons (Fsp3) is 0.333. The molecular formula is C6H8ClF2N3O2. The van der Waals surface area contributed by atoms with Gasteiger partial charge in [0.05, 0.1) is 19.0 Å². The Balaban J connectivity index is 0.00000169. The summed E-state index contributed by atoms with van der Waals surface area (Å²) >= 11 is 0. The van der Waals surface area contributed by atoms with Crippen LogP contribution in [-0.4, -0.2) is 22.9 Å². The van der Waals surface area contributed by atoms with Crippen LogP contribution in [0.25, 0.3) is 0 Å². The van der Waals surface area contributed by atoms with Crippen molar-refractivity contribution in [2.75, 3.05) is 12.8 Å². The van der Waals surface area contributed by atoms with Crippen LogP contribution in [0.2, 0.25) is 0 Å². The van der Waals surface area contributed by atoms with E-state index in [0.29, 0.717) is 4.68 Å². The van der Waals surface area contributed by atoms with Crippen LogP contribution in [0.1, 0.15) is 17.0 Å². The van der Waals surface area contributed by atoms with Gasteiger partial charge in [0.25, 0.3) is 0 Å². The lowest BCUT2D eigenvalue weighted by Crippen LogP contribution is -2.06. The predicted octanol–water partition coefficient (Wildman–Crippen LogP) is 1.07. The predicted molar refractivity (Wildman–Crippen MR) is 46.5 cm³/mol. The zero-order valence-electron chi connectivity index (χ0n) is 7.11. The van der Waals surface area contributed by atoms with Crippen LogP contribution >= 0.6 is 12.4 Å². The van der Waals surface area contributed by atoms with E-state index in [4.69, 9.17) is 5.73 Å². The Bertz CT molecular complexity index is 329. The summed E-state index contributed by atoms with van der Waals surface area (Å²) in [5.74, 6) is -0.836. The summed E-state index contributed by atoms with van der Waals surface area (Å²) in [6.07, 6.45) is 0.872. The van der Waals surface area contributed by atoms with Gasteiger partial charge in [-0.3, -0.25) is 0 Å². The number of anilines is 1. The zero-order chi connectivity index (χ0) is 10.0. The first-order valence-corrected chi connectivity index (χ1v) is 3.27. The number of nitrogens with two attached hydrogens (primary N) is 1. The number of methoxy groups -OCH3 is 1. The van der Waals surface area contributed by atoms with E-state index in [1.165, 1.54) is 0 Å². The van der Waals surface area contributed by atoms with Crippen molar-refractivity contribution >= 4 is 24.1 Å². The molecule has 8 heteroatoms. The molecule has 5 nitrogen and oxygen atoms in total. The molecule has 1 rings (SSSR count). The van der Waals surface area contributed by atoms with Crippen molar-refractivity contribution in [1.82, 2.24) is 9.78 Å². The van der Waals surface area contributed by atoms with E-state index in [0.717, 1.165) is 13.3 Å². The summed E-state index contributed by atoms with van der Waals surface area (Å²) in [5.41, 5.74) is 4.80. The van der Waals surface area contributed by atoms with Gasteiger partial charge in [0.15, 0.2) is 5.69 Å². The minimum Gasteiger partial charge on any atom is -0.464 e. The quantitative estimate of drug-likeness (QED) is 0.768. The van der Waals surface area contributed by atoms with Crippen LogP contribution in [-0.2, 0) is 4.74 Å². The third-order valence-corrected chi connectivity index (χ3v) is 1.34. The van der Waals surface area contributed by atoms with Crippen molar-refractivity contribution in [3.8, 4) is 0 Å². The highest BCUT2D eigenvalue weighted by Crippen LogP contribution is 2.15. The highest BCUT2D eigenvalue weighted by Gasteiger charge is 2.18. The SMILES string of the molecule is COC(=O)c1nn(C(F)F)cc1N.Cl. The molecule has 0 amide bonds. The van der Waals surface area contributed by atoms with E-state index in [9.17, 15) is 13.6 Å². The second-order valence-electron chi connectivity index (χ2n) is 2.18. The largest absolute Gasteiger partial charge is 0.464 e. The van der Waals surface area contributed by atoms with Gasteiger partial charge in [0.2, 0.25) is 0 Å². The topological polar surface area (TPSA) is 70.1 Å². The molecule has 0 aliphatic carbocycles. The Morgan fingerprint density at radius 1 is 1.71 bits per heavy atom. The normalized spacial score (nSPS) is 9.71. The number of halogens is 3. The van der Waals surface area contributed by atoms with Crippen LogP contribution in [0.4, 0.5) is 14.5 Å². The molecule has 0 spiro atoms. The molecule has 0 radical (unpaired) electrons. The lowest BCUT2D eigenvalue weighted by molar-refractivity contribution is 0.0521. The number of rotatable bonds is 2. The molecule has 2 N–H and O–H groups in total. The fourth-order valence-corrected chi connectivity index (χ4v) is 0.761. The number of carbonyl (C=O) groups excluding carboxylic acids is 1. The van der Waals surface area contributed by atoms with Gasteiger partial charge in [-0.1, -0.05) is 0 Å². The van der Waals surface area contributed by atoms with Crippen molar-refractivity contribution in [3.63, 3.8) is 0 Å². The molecule has 80 valence electrons. The minimum atomic E-state index is -2.82. The van der Waals surface area contributed by atoms with Gasteiger partial charge in [0.1, 0.15) is 0 Å². The first-order valence-electron chi connectivity index (χ1n) is 3.27. The second-order valence-corrected chi connectivity index (χ2v) is 2.18. The number of ether oxygens (including phenoxy) is 1. The standard InChI is InChI=1S/C6H7F2N3O2.ClH/c1-13-5(12)4-3(9)2-11(10-4)6(7)8;/h2,6H,9H2,1H3;1H. The van der Waals surface area contributed by atoms with Crippen molar-refractivity contribution < 1.29 is 18.3 Å². The van der Waals surface area contributed by atoms with E-state index in [1.54, 1.807) is 0 Å². The number of nitrogen functional groups attached to an aromatic ring is 1. The number of hydrogen-bond acceptors (Lipinski definition) is 4. The number of carbonyl (C=O) groups is 1. The molecule has 0 saturated heterocycles. The maximum Gasteiger partial charge on any atom is 0.360 e. The van der Waals surface area contributed by atoms with E-state index < -0.39 is 12.5 Å². The highest BCUT2D eigenvalue weighted by molar-refractivity contribution is 5.92. The molecule has 0 aliphatic heterocycles. The van der Waals surface area contributed by atoms with E-state index in [2.05, 4.69) is 9.84 Å². The molecule has 0 saturated carbocycles. The molecule has 1 aromatic rings. The Morgan fingerprint density at radius 3 is 2.64 bits per heavy atom. The zero-order valence-corrected chi connectivity index (χ0v) is 7.92. The Labute approximate surface area is 84.2 Å². The van der Waals surface area contributed by atoms with Crippen molar-refractivity contribution in [2.24, 2.45) is 0 Å². The first-order chi connectivity index (χ1) is 6.06. The molecule has 1 heterocycles. The lowest BCUT2D eigenvalue weighted by atomic mass is 10.4. The van der Waals surface area contributed by atoms with Gasteiger partial charge in [-0.05, 0) is 0 Å². The van der Waals surface area contributed by atoms with Crippen LogP contribution < -0.4 is 5.73 Å². The number of nitrogens with zero attached hydrogens (tertiary/aromatic N) is 2. The molecule has 0 aliphatic rings. The van der Waals surface area contributed by atoms with Crippen molar-refractivity contribution in [2.45, 2.75) is 6.55 Å². The van der Waals surface area contributed by atoms with Gasteiger partial charge in [-0.25, -0.2) is 9.48 Å². The van der Waals surface area contributed by atoms with E-state index in [-0.39, 0.29) is 23.8 Å². The van der Waals surface area contributed by atoms with Crippen molar-refractivity contribution in [3.05, 3.63) is 11.9 Å². The van der Waals surface area contributed by atoms with Crippen LogP contribution in [0.3, 0.4) is 0 Å². The molecular weight excluding hydrogens is 220 g/mol. The summed E-state index contributed by atoms with van der Waals surface area (Å²) in [6, 6.07) is 0.